The lowest BCUT2D eigenvalue weighted by Crippen LogP contribution is -3.00. The molecule has 0 unspecified atom stereocenters. The third kappa shape index (κ3) is 6.52. The zero-order valence-electron chi connectivity index (χ0n) is 11.0. The van der Waals surface area contributed by atoms with Crippen LogP contribution in [0.1, 0.15) is 15.9 Å². The topological polar surface area (TPSA) is 26.3 Å². The first-order valence-electron chi connectivity index (χ1n) is 5.55. The maximum Gasteiger partial charge on any atom is 0.338 e. The Morgan fingerprint density at radius 3 is 2.56 bits per heavy atom. The molecule has 0 amide bonds. The van der Waals surface area contributed by atoms with Crippen molar-refractivity contribution < 1.29 is 31.0 Å². The number of halogens is 2. The van der Waals surface area contributed by atoms with Crippen molar-refractivity contribution in [1.29, 1.82) is 0 Å². The Hall–Kier alpha value is -0.390. The number of alkyl halides is 1. The predicted octanol–water partition coefficient (Wildman–Crippen LogP) is -0.551. The summed E-state index contributed by atoms with van der Waals surface area (Å²) in [5, 5.41) is 0.743. The Labute approximate surface area is 128 Å². The molecule has 3 nitrogen and oxygen atoms in total. The fraction of sp³-hybridized carbons (Fsp3) is 0.462. The smallest absolute Gasteiger partial charge is 0.338 e. The van der Waals surface area contributed by atoms with Gasteiger partial charge >= 0.3 is 5.97 Å². The number of quaternary nitrogens is 1. The average Bonchev–Trinajstić information content (AvgIpc) is 2.27. The Balaban J connectivity index is 0.00000289. The molecule has 0 radical (unpaired) electrons. The van der Waals surface area contributed by atoms with E-state index in [1.807, 2.05) is 18.2 Å². The van der Waals surface area contributed by atoms with Crippen molar-refractivity contribution in [2.45, 2.75) is 5.33 Å². The number of benzene rings is 1. The van der Waals surface area contributed by atoms with Crippen molar-refractivity contribution in [2.24, 2.45) is 0 Å². The highest BCUT2D eigenvalue weighted by atomic mass is 79.9. The van der Waals surface area contributed by atoms with Gasteiger partial charge < -0.3 is 26.2 Å². The summed E-state index contributed by atoms with van der Waals surface area (Å²) in [5.41, 5.74) is 1.69. The first-order valence-corrected chi connectivity index (χ1v) is 6.67. The second-order valence-corrected chi connectivity index (χ2v) is 5.54. The van der Waals surface area contributed by atoms with Gasteiger partial charge in [-0.2, -0.15) is 0 Å². The van der Waals surface area contributed by atoms with E-state index in [0.29, 0.717) is 12.2 Å². The molecular weight excluding hydrogens is 362 g/mol. The second-order valence-electron chi connectivity index (χ2n) is 4.98. The van der Waals surface area contributed by atoms with Crippen molar-refractivity contribution in [3.8, 4) is 0 Å². The molecule has 0 bridgehead atoms. The van der Waals surface area contributed by atoms with E-state index in [1.54, 1.807) is 6.07 Å². The lowest BCUT2D eigenvalue weighted by molar-refractivity contribution is -0.870. The number of carbonyl (C=O) groups excluding carboxylic acids is 1. The van der Waals surface area contributed by atoms with Crippen LogP contribution < -0.4 is 17.0 Å². The number of nitrogens with zero attached hydrogens (tertiary/aromatic N) is 1. The summed E-state index contributed by atoms with van der Waals surface area (Å²) in [7, 11) is 6.21. The van der Waals surface area contributed by atoms with Gasteiger partial charge in [0.2, 0.25) is 0 Å². The molecule has 0 N–H and O–H groups in total. The highest BCUT2D eigenvalue weighted by Crippen LogP contribution is 2.10. The minimum absolute atomic E-state index is 0. The maximum atomic E-state index is 11.8. The molecule has 0 aliphatic rings. The first-order chi connectivity index (χ1) is 7.92. The van der Waals surface area contributed by atoms with E-state index >= 15 is 0 Å². The quantitative estimate of drug-likeness (QED) is 0.389. The molecule has 102 valence electrons. The van der Waals surface area contributed by atoms with Crippen LogP contribution in [0.15, 0.2) is 24.3 Å². The van der Waals surface area contributed by atoms with Crippen LogP contribution >= 0.6 is 15.9 Å². The van der Waals surface area contributed by atoms with Gasteiger partial charge in [-0.05, 0) is 17.7 Å². The zero-order chi connectivity index (χ0) is 12.9. The normalized spacial score (nSPS) is 10.7. The fourth-order valence-corrected chi connectivity index (χ4v) is 1.63. The van der Waals surface area contributed by atoms with Gasteiger partial charge in [0.15, 0.2) is 0 Å². The molecule has 0 heterocycles. The molecule has 1 aromatic rings. The van der Waals surface area contributed by atoms with Crippen LogP contribution in [-0.2, 0) is 10.1 Å². The van der Waals surface area contributed by atoms with E-state index in [1.165, 1.54) is 0 Å². The van der Waals surface area contributed by atoms with E-state index in [4.69, 9.17) is 4.74 Å². The van der Waals surface area contributed by atoms with Crippen molar-refractivity contribution in [2.75, 3.05) is 34.3 Å². The molecule has 1 rings (SSSR count). The van der Waals surface area contributed by atoms with Crippen molar-refractivity contribution in [1.82, 2.24) is 0 Å². The third-order valence-electron chi connectivity index (χ3n) is 2.31. The third-order valence-corrected chi connectivity index (χ3v) is 2.96. The molecule has 0 aromatic heterocycles. The van der Waals surface area contributed by atoms with Gasteiger partial charge in [0.05, 0.1) is 26.7 Å². The molecule has 0 spiro atoms. The van der Waals surface area contributed by atoms with Crippen LogP contribution in [0, 0.1) is 0 Å². The van der Waals surface area contributed by atoms with Crippen LogP contribution in [0.2, 0.25) is 0 Å². The monoisotopic (exact) mass is 379 g/mol. The molecule has 5 heteroatoms. The number of likely N-dealkylation sites (N-methyl/N-ethyl adjacent to an activating group) is 1. The number of carbonyl (C=O) groups is 1. The second kappa shape index (κ2) is 7.92. The fourth-order valence-electron chi connectivity index (χ4n) is 1.28. The van der Waals surface area contributed by atoms with Crippen LogP contribution in [0.25, 0.3) is 0 Å². The Kier molecular flexibility index (Phi) is 7.75. The molecule has 0 aliphatic heterocycles. The summed E-state index contributed by atoms with van der Waals surface area (Å²) in [6.07, 6.45) is 0. The standard InChI is InChI=1S/C13H19BrNO2.BrH/c1-15(2,3)7-8-17-13(16)12-6-4-5-11(9-12)10-14;/h4-6,9H,7-8,10H2,1-3H3;1H/q+1;/p-1. The van der Waals surface area contributed by atoms with Gasteiger partial charge in [-0.1, -0.05) is 28.1 Å². The summed E-state index contributed by atoms with van der Waals surface area (Å²) in [6.45, 7) is 1.25. The number of hydrogen-bond acceptors (Lipinski definition) is 2. The van der Waals surface area contributed by atoms with Crippen LogP contribution in [0.4, 0.5) is 0 Å². The summed E-state index contributed by atoms with van der Waals surface area (Å²) in [4.78, 5) is 11.8. The summed E-state index contributed by atoms with van der Waals surface area (Å²) in [5.74, 6) is -0.249. The van der Waals surface area contributed by atoms with Gasteiger partial charge in [-0.25, -0.2) is 4.79 Å². The average molecular weight is 381 g/mol. The zero-order valence-corrected chi connectivity index (χ0v) is 14.1. The number of hydrogen-bond donors (Lipinski definition) is 0. The highest BCUT2D eigenvalue weighted by Gasteiger charge is 2.11. The minimum atomic E-state index is -0.249. The largest absolute Gasteiger partial charge is 1.00 e. The van der Waals surface area contributed by atoms with Crippen LogP contribution in [0.5, 0.6) is 0 Å². The van der Waals surface area contributed by atoms with Gasteiger partial charge in [0.25, 0.3) is 0 Å². The Bertz CT molecular complexity index is 389. The van der Waals surface area contributed by atoms with E-state index in [0.717, 1.165) is 21.9 Å². The Morgan fingerprint density at radius 2 is 2.00 bits per heavy atom. The molecule has 0 atom stereocenters. The molecule has 1 aromatic carbocycles. The Morgan fingerprint density at radius 1 is 1.33 bits per heavy atom. The van der Waals surface area contributed by atoms with Crippen LogP contribution in [-0.4, -0.2) is 44.7 Å². The highest BCUT2D eigenvalue weighted by molar-refractivity contribution is 9.08. The maximum absolute atomic E-state index is 11.8. The van der Waals surface area contributed by atoms with Gasteiger partial charge in [0.1, 0.15) is 13.2 Å². The summed E-state index contributed by atoms with van der Waals surface area (Å²) in [6, 6.07) is 7.47. The molecule has 0 saturated carbocycles. The molecular formula is C13H19Br2NO2. The van der Waals surface area contributed by atoms with E-state index in [2.05, 4.69) is 37.1 Å². The number of esters is 1. The van der Waals surface area contributed by atoms with Crippen molar-refractivity contribution in [3.05, 3.63) is 35.4 Å². The van der Waals surface area contributed by atoms with E-state index in [9.17, 15) is 4.79 Å². The van der Waals surface area contributed by atoms with E-state index in [-0.39, 0.29) is 23.0 Å². The van der Waals surface area contributed by atoms with Crippen LogP contribution in [0.3, 0.4) is 0 Å². The van der Waals surface area contributed by atoms with Gasteiger partial charge in [-0.15, -0.1) is 0 Å². The number of rotatable bonds is 5. The van der Waals surface area contributed by atoms with Crippen molar-refractivity contribution in [3.63, 3.8) is 0 Å². The molecule has 0 fully saturated rings. The lowest BCUT2D eigenvalue weighted by Gasteiger charge is -2.23. The molecule has 0 saturated heterocycles. The number of ether oxygens (including phenoxy) is 1. The summed E-state index contributed by atoms with van der Waals surface area (Å²) < 4.78 is 6.02. The minimum Gasteiger partial charge on any atom is -1.00 e. The van der Waals surface area contributed by atoms with E-state index < -0.39 is 0 Å². The van der Waals surface area contributed by atoms with Gasteiger partial charge in [0, 0.05) is 5.33 Å². The summed E-state index contributed by atoms with van der Waals surface area (Å²) >= 11 is 3.36. The SMILES string of the molecule is C[N+](C)(C)CCOC(=O)c1cccc(CBr)c1.[Br-]. The lowest BCUT2D eigenvalue weighted by atomic mass is 10.1. The molecule has 18 heavy (non-hydrogen) atoms. The van der Waals surface area contributed by atoms with Gasteiger partial charge in [-0.3, -0.25) is 0 Å². The first kappa shape index (κ1) is 17.6. The molecule has 0 aliphatic carbocycles. The predicted molar refractivity (Wildman–Crippen MR) is 72.3 cm³/mol. The van der Waals surface area contributed by atoms with Crippen molar-refractivity contribution >= 4 is 21.9 Å².